The smallest absolute Gasteiger partial charge is 0.324 e. The van der Waals surface area contributed by atoms with Crippen LogP contribution in [0.1, 0.15) is 30.7 Å². The number of thiazole rings is 1. The van der Waals surface area contributed by atoms with Gasteiger partial charge in [0.1, 0.15) is 0 Å². The van der Waals surface area contributed by atoms with Crippen molar-refractivity contribution in [3.05, 3.63) is 10.6 Å². The van der Waals surface area contributed by atoms with E-state index in [1.165, 1.54) is 11.3 Å². The van der Waals surface area contributed by atoms with Gasteiger partial charge in [-0.15, -0.1) is 0 Å². The highest BCUT2D eigenvalue weighted by Gasteiger charge is 2.35. The van der Waals surface area contributed by atoms with Gasteiger partial charge >= 0.3 is 6.03 Å². The van der Waals surface area contributed by atoms with Crippen LogP contribution in [0.15, 0.2) is 0 Å². The summed E-state index contributed by atoms with van der Waals surface area (Å²) in [6, 6.07) is 0.0630. The summed E-state index contributed by atoms with van der Waals surface area (Å²) in [5.41, 5.74) is 0.860. The van der Waals surface area contributed by atoms with Gasteiger partial charge in [0.2, 0.25) is 6.29 Å². The van der Waals surface area contributed by atoms with Gasteiger partial charge in [0.05, 0.1) is 10.6 Å². The molecule has 0 aliphatic carbocycles. The van der Waals surface area contributed by atoms with Gasteiger partial charge in [-0.3, -0.25) is 4.90 Å². The third-order valence-electron chi connectivity index (χ3n) is 2.97. The zero-order valence-corrected chi connectivity index (χ0v) is 11.3. The van der Waals surface area contributed by atoms with Gasteiger partial charge in [-0.25, -0.2) is 9.78 Å². The molecule has 18 heavy (non-hydrogen) atoms. The standard InChI is InChI=1S/C11H15N3O3S/c1-5-4-14(10(15)12-5)11-13-6(2)8(18-11)9-16-7(3)17-9/h5,7,9H,4H2,1-3H3,(H,12,15)/t5-,7?,9?/m0/s1. The van der Waals surface area contributed by atoms with Crippen molar-refractivity contribution in [2.24, 2.45) is 0 Å². The number of anilines is 1. The summed E-state index contributed by atoms with van der Waals surface area (Å²) in [4.78, 5) is 18.8. The minimum absolute atomic E-state index is 0.0911. The fraction of sp³-hybridized carbons (Fsp3) is 0.636. The number of nitrogens with one attached hydrogen (secondary N) is 1. The Morgan fingerprint density at radius 2 is 2.17 bits per heavy atom. The molecule has 2 saturated heterocycles. The monoisotopic (exact) mass is 269 g/mol. The zero-order chi connectivity index (χ0) is 12.9. The molecule has 7 heteroatoms. The van der Waals surface area contributed by atoms with E-state index in [1.807, 2.05) is 20.8 Å². The van der Waals surface area contributed by atoms with Crippen molar-refractivity contribution in [2.75, 3.05) is 11.4 Å². The molecule has 0 aromatic carbocycles. The molecule has 2 fully saturated rings. The highest BCUT2D eigenvalue weighted by atomic mass is 32.1. The number of carbonyl (C=O) groups excluding carboxylic acids is 1. The van der Waals surface area contributed by atoms with Crippen molar-refractivity contribution in [1.29, 1.82) is 0 Å². The van der Waals surface area contributed by atoms with E-state index in [0.29, 0.717) is 11.7 Å². The molecule has 6 nitrogen and oxygen atoms in total. The molecule has 2 aliphatic heterocycles. The molecule has 1 atom stereocenters. The summed E-state index contributed by atoms with van der Waals surface area (Å²) in [5, 5.41) is 3.55. The number of aryl methyl sites for hydroxylation is 1. The average molecular weight is 269 g/mol. The molecule has 2 aliphatic rings. The van der Waals surface area contributed by atoms with Crippen molar-refractivity contribution in [3.8, 4) is 0 Å². The number of aromatic nitrogens is 1. The van der Waals surface area contributed by atoms with E-state index in [0.717, 1.165) is 10.6 Å². The lowest BCUT2D eigenvalue weighted by Crippen LogP contribution is -2.31. The lowest BCUT2D eigenvalue weighted by atomic mass is 10.3. The highest BCUT2D eigenvalue weighted by molar-refractivity contribution is 7.16. The van der Waals surface area contributed by atoms with Crippen molar-refractivity contribution >= 4 is 22.5 Å². The minimum atomic E-state index is -0.325. The van der Waals surface area contributed by atoms with Crippen LogP contribution in [0, 0.1) is 6.92 Å². The molecule has 3 heterocycles. The third kappa shape index (κ3) is 1.88. The lowest BCUT2D eigenvalue weighted by molar-refractivity contribution is -0.381. The summed E-state index contributed by atoms with van der Waals surface area (Å²) >= 11 is 1.45. The number of nitrogens with zero attached hydrogens (tertiary/aromatic N) is 2. The Balaban J connectivity index is 1.82. The van der Waals surface area contributed by atoms with E-state index in [1.54, 1.807) is 4.90 Å². The summed E-state index contributed by atoms with van der Waals surface area (Å²) in [5.74, 6) is 0. The molecule has 0 unspecified atom stereocenters. The van der Waals surface area contributed by atoms with E-state index in [-0.39, 0.29) is 24.7 Å². The molecule has 3 rings (SSSR count). The van der Waals surface area contributed by atoms with Gasteiger partial charge < -0.3 is 14.8 Å². The number of hydrogen-bond acceptors (Lipinski definition) is 5. The topological polar surface area (TPSA) is 63.7 Å². The van der Waals surface area contributed by atoms with Gasteiger partial charge in [0.25, 0.3) is 0 Å². The average Bonchev–Trinajstić information content (AvgIpc) is 2.77. The van der Waals surface area contributed by atoms with Crippen LogP contribution in [0.4, 0.5) is 9.93 Å². The third-order valence-corrected chi connectivity index (χ3v) is 4.17. The Hall–Kier alpha value is -1.18. The fourth-order valence-corrected chi connectivity index (χ4v) is 3.11. The second-order valence-corrected chi connectivity index (χ2v) is 5.59. The molecule has 2 amide bonds. The number of carbonyl (C=O) groups is 1. The number of ether oxygens (including phenoxy) is 2. The second kappa shape index (κ2) is 4.18. The Kier molecular flexibility index (Phi) is 2.76. The van der Waals surface area contributed by atoms with Crippen molar-refractivity contribution in [2.45, 2.75) is 39.4 Å². The molecular formula is C11H15N3O3S. The Morgan fingerprint density at radius 1 is 1.44 bits per heavy atom. The first-order valence-corrected chi connectivity index (χ1v) is 6.72. The highest BCUT2D eigenvalue weighted by Crippen LogP contribution is 2.39. The lowest BCUT2D eigenvalue weighted by Gasteiger charge is -2.32. The van der Waals surface area contributed by atoms with Gasteiger partial charge in [-0.05, 0) is 20.8 Å². The minimum Gasteiger partial charge on any atom is -0.333 e. The Labute approximate surface area is 109 Å². The summed E-state index contributed by atoms with van der Waals surface area (Å²) in [6.07, 6.45) is -0.482. The first kappa shape index (κ1) is 11.9. The number of amides is 2. The maximum Gasteiger partial charge on any atom is 0.324 e. The zero-order valence-electron chi connectivity index (χ0n) is 10.5. The number of hydrogen-bond donors (Lipinski definition) is 1. The van der Waals surface area contributed by atoms with Crippen LogP contribution < -0.4 is 10.2 Å². The second-order valence-electron chi connectivity index (χ2n) is 4.58. The molecule has 0 spiro atoms. The van der Waals surface area contributed by atoms with Gasteiger partial charge in [0.15, 0.2) is 11.4 Å². The predicted molar refractivity (Wildman–Crippen MR) is 66.6 cm³/mol. The van der Waals surface area contributed by atoms with Gasteiger partial charge in [-0.1, -0.05) is 11.3 Å². The van der Waals surface area contributed by atoms with Crippen LogP contribution in [0.2, 0.25) is 0 Å². The predicted octanol–water partition coefficient (Wildman–Crippen LogP) is 1.76. The van der Waals surface area contributed by atoms with E-state index in [2.05, 4.69) is 10.3 Å². The van der Waals surface area contributed by atoms with Crippen LogP contribution in [0.5, 0.6) is 0 Å². The first-order chi connectivity index (χ1) is 8.54. The van der Waals surface area contributed by atoms with Crippen LogP contribution in [-0.2, 0) is 9.47 Å². The summed E-state index contributed by atoms with van der Waals surface area (Å²) < 4.78 is 10.9. The van der Waals surface area contributed by atoms with Gasteiger partial charge in [-0.2, -0.15) is 0 Å². The molecule has 0 radical (unpaired) electrons. The molecule has 1 aromatic heterocycles. The Bertz CT molecular complexity index is 484. The number of rotatable bonds is 2. The van der Waals surface area contributed by atoms with E-state index in [4.69, 9.17) is 9.47 Å². The molecule has 1 aromatic rings. The molecule has 0 bridgehead atoms. The summed E-state index contributed by atoms with van der Waals surface area (Å²) in [7, 11) is 0. The molecule has 1 N–H and O–H groups in total. The van der Waals surface area contributed by atoms with Crippen LogP contribution in [0.25, 0.3) is 0 Å². The van der Waals surface area contributed by atoms with Crippen LogP contribution >= 0.6 is 11.3 Å². The van der Waals surface area contributed by atoms with Crippen molar-refractivity contribution in [1.82, 2.24) is 10.3 Å². The molecular weight excluding hydrogens is 254 g/mol. The normalized spacial score (nSPS) is 31.4. The quantitative estimate of drug-likeness (QED) is 0.888. The van der Waals surface area contributed by atoms with Crippen LogP contribution in [0.3, 0.4) is 0 Å². The fourth-order valence-electron chi connectivity index (χ4n) is 2.07. The summed E-state index contributed by atoms with van der Waals surface area (Å²) in [6.45, 7) is 6.37. The van der Waals surface area contributed by atoms with Crippen LogP contribution in [-0.4, -0.2) is 29.9 Å². The van der Waals surface area contributed by atoms with E-state index in [9.17, 15) is 4.79 Å². The largest absolute Gasteiger partial charge is 0.333 e. The SMILES string of the molecule is Cc1nc(N2C[C@H](C)NC2=O)sc1C1OC(C)O1. The maximum absolute atomic E-state index is 11.7. The molecule has 98 valence electrons. The van der Waals surface area contributed by atoms with E-state index >= 15 is 0 Å². The maximum atomic E-state index is 11.7. The van der Waals surface area contributed by atoms with Gasteiger partial charge in [0, 0.05) is 12.6 Å². The number of urea groups is 1. The first-order valence-electron chi connectivity index (χ1n) is 5.91. The Morgan fingerprint density at radius 3 is 2.72 bits per heavy atom. The van der Waals surface area contributed by atoms with Crippen molar-refractivity contribution < 1.29 is 14.3 Å². The van der Waals surface area contributed by atoms with Crippen molar-refractivity contribution in [3.63, 3.8) is 0 Å². The van der Waals surface area contributed by atoms with E-state index < -0.39 is 0 Å². The molecule has 0 saturated carbocycles.